The van der Waals surface area contributed by atoms with Gasteiger partial charge in [0.15, 0.2) is 5.03 Å². The lowest BCUT2D eigenvalue weighted by Gasteiger charge is -2.49. The summed E-state index contributed by atoms with van der Waals surface area (Å²) >= 11 is 0. The summed E-state index contributed by atoms with van der Waals surface area (Å²) in [4.78, 5) is 23.0. The van der Waals surface area contributed by atoms with Crippen molar-refractivity contribution in [3.05, 3.63) is 12.3 Å². The molecule has 2 amide bonds. The normalized spacial score (nSPS) is 30.8. The van der Waals surface area contributed by atoms with E-state index in [9.17, 15) is 18.0 Å². The number of hydrogen-bond acceptors (Lipinski definition) is 5. The average Bonchev–Trinajstić information content (AvgIpc) is 2.73. The first-order valence-corrected chi connectivity index (χ1v) is 6.80. The van der Waals surface area contributed by atoms with Crippen LogP contribution in [0.15, 0.2) is 17.3 Å². The second kappa shape index (κ2) is 3.39. The number of aromatic amines is 1. The minimum absolute atomic E-state index is 0.176. The van der Waals surface area contributed by atoms with Crippen LogP contribution in [0.5, 0.6) is 0 Å². The van der Waals surface area contributed by atoms with Crippen molar-refractivity contribution in [1.82, 2.24) is 20.2 Å². The number of fused-ring (bicyclic) bond motifs is 2. The van der Waals surface area contributed by atoms with Crippen LogP contribution in [-0.4, -0.2) is 36.0 Å². The fourth-order valence-corrected chi connectivity index (χ4v) is 3.62. The third-order valence-corrected chi connectivity index (χ3v) is 4.75. The summed E-state index contributed by atoms with van der Waals surface area (Å²) in [7, 11) is -3.85. The molecular formula is C9H10N4O4S. The number of amides is 2. The Morgan fingerprint density at radius 2 is 2.11 bits per heavy atom. The smallest absolute Gasteiger partial charge is 0.260 e. The number of aromatic nitrogens is 2. The van der Waals surface area contributed by atoms with Gasteiger partial charge in [-0.15, -0.1) is 0 Å². The molecule has 0 aromatic carbocycles. The first kappa shape index (κ1) is 11.4. The molecular weight excluding hydrogens is 260 g/mol. The van der Waals surface area contributed by atoms with E-state index in [1.54, 1.807) is 0 Å². The Balaban J connectivity index is 1.87. The molecule has 0 atom stereocenters. The van der Waals surface area contributed by atoms with Crippen LogP contribution < -0.4 is 10.0 Å². The van der Waals surface area contributed by atoms with Gasteiger partial charge < -0.3 is 0 Å². The van der Waals surface area contributed by atoms with Crippen LogP contribution in [0.3, 0.4) is 0 Å². The number of nitrogens with one attached hydrogen (secondary N) is 3. The van der Waals surface area contributed by atoms with Crippen molar-refractivity contribution in [3.63, 3.8) is 0 Å². The monoisotopic (exact) mass is 270 g/mol. The van der Waals surface area contributed by atoms with Gasteiger partial charge in [0.05, 0.1) is 0 Å². The number of hydrogen-bond donors (Lipinski definition) is 3. The van der Waals surface area contributed by atoms with Gasteiger partial charge in [0, 0.05) is 12.1 Å². The summed E-state index contributed by atoms with van der Waals surface area (Å²) in [6, 6.07) is 1.29. The van der Waals surface area contributed by atoms with Gasteiger partial charge in [0.1, 0.15) is 5.54 Å². The Hall–Kier alpha value is -1.74. The zero-order valence-corrected chi connectivity index (χ0v) is 9.95. The molecule has 9 heteroatoms. The number of rotatable bonds is 3. The van der Waals surface area contributed by atoms with Crippen LogP contribution in [-0.2, 0) is 19.6 Å². The van der Waals surface area contributed by atoms with Gasteiger partial charge in [0.2, 0.25) is 11.8 Å². The maximum Gasteiger partial charge on any atom is 0.260 e. The van der Waals surface area contributed by atoms with Gasteiger partial charge >= 0.3 is 0 Å². The minimum Gasteiger partial charge on any atom is -0.295 e. The zero-order valence-electron chi connectivity index (χ0n) is 9.13. The van der Waals surface area contributed by atoms with E-state index in [2.05, 4.69) is 20.2 Å². The number of imide groups is 1. The highest BCUT2D eigenvalue weighted by molar-refractivity contribution is 7.89. The maximum absolute atomic E-state index is 12.0. The SMILES string of the molecule is O=C1NC(=O)C2(NS(=O)(=O)c3cc[nH]n3)CC1C2. The Morgan fingerprint density at radius 1 is 1.39 bits per heavy atom. The highest BCUT2D eigenvalue weighted by Gasteiger charge is 2.59. The first-order valence-electron chi connectivity index (χ1n) is 5.32. The van der Waals surface area contributed by atoms with Crippen LogP contribution in [0, 0.1) is 5.92 Å². The Morgan fingerprint density at radius 3 is 2.67 bits per heavy atom. The molecule has 96 valence electrons. The first-order chi connectivity index (χ1) is 8.43. The minimum atomic E-state index is -3.85. The fraction of sp³-hybridized carbons (Fsp3) is 0.444. The van der Waals surface area contributed by atoms with Crippen LogP contribution in [0.2, 0.25) is 0 Å². The second-order valence-electron chi connectivity index (χ2n) is 4.52. The van der Waals surface area contributed by atoms with E-state index in [1.807, 2.05) is 0 Å². The van der Waals surface area contributed by atoms with Crippen molar-refractivity contribution in [2.45, 2.75) is 23.4 Å². The van der Waals surface area contributed by atoms with E-state index in [4.69, 9.17) is 0 Å². The molecule has 2 bridgehead atoms. The van der Waals surface area contributed by atoms with Crippen LogP contribution in [0.4, 0.5) is 0 Å². The lowest BCUT2D eigenvalue weighted by molar-refractivity contribution is -0.151. The topological polar surface area (TPSA) is 121 Å². The molecule has 1 saturated carbocycles. The Labute approximate surface area is 102 Å². The molecule has 2 saturated heterocycles. The van der Waals surface area contributed by atoms with E-state index in [0.717, 1.165) is 0 Å². The van der Waals surface area contributed by atoms with Gasteiger partial charge in [-0.1, -0.05) is 0 Å². The van der Waals surface area contributed by atoms with Gasteiger partial charge in [0.25, 0.3) is 10.0 Å². The van der Waals surface area contributed by atoms with Crippen molar-refractivity contribution in [3.8, 4) is 0 Å². The molecule has 3 heterocycles. The van der Waals surface area contributed by atoms with E-state index in [1.165, 1.54) is 12.3 Å². The summed E-state index contributed by atoms with van der Waals surface area (Å²) < 4.78 is 26.3. The second-order valence-corrected chi connectivity index (χ2v) is 6.15. The molecule has 1 aromatic rings. The van der Waals surface area contributed by atoms with Gasteiger partial charge in [-0.2, -0.15) is 9.82 Å². The number of H-pyrrole nitrogens is 1. The largest absolute Gasteiger partial charge is 0.295 e. The molecule has 8 nitrogen and oxygen atoms in total. The lowest BCUT2D eigenvalue weighted by Crippen LogP contribution is -2.73. The Bertz CT molecular complexity index is 615. The van der Waals surface area contributed by atoms with Crippen LogP contribution in [0.25, 0.3) is 0 Å². The Kier molecular flexibility index (Phi) is 2.14. The predicted molar refractivity (Wildman–Crippen MR) is 57.5 cm³/mol. The van der Waals surface area contributed by atoms with Crippen molar-refractivity contribution < 1.29 is 18.0 Å². The molecule has 0 spiro atoms. The van der Waals surface area contributed by atoms with E-state index in [-0.39, 0.29) is 29.7 Å². The van der Waals surface area contributed by atoms with Crippen molar-refractivity contribution in [2.75, 3.05) is 0 Å². The molecule has 0 unspecified atom stereocenters. The van der Waals surface area contributed by atoms with E-state index in [0.29, 0.717) is 0 Å². The van der Waals surface area contributed by atoms with Crippen LogP contribution >= 0.6 is 0 Å². The number of carbonyl (C=O) groups is 2. The van der Waals surface area contributed by atoms with E-state index < -0.39 is 21.5 Å². The third-order valence-electron chi connectivity index (χ3n) is 3.31. The summed E-state index contributed by atoms with van der Waals surface area (Å²) in [5, 5.41) is 7.94. The molecule has 3 N–H and O–H groups in total. The number of carbonyl (C=O) groups excluding carboxylic acids is 2. The highest BCUT2D eigenvalue weighted by atomic mass is 32.2. The van der Waals surface area contributed by atoms with Crippen molar-refractivity contribution in [1.29, 1.82) is 0 Å². The summed E-state index contributed by atoms with van der Waals surface area (Å²) in [5.74, 6) is -1.21. The lowest BCUT2D eigenvalue weighted by atomic mass is 9.65. The molecule has 3 aliphatic rings. The number of piperidine rings is 2. The van der Waals surface area contributed by atoms with Crippen molar-refractivity contribution in [2.24, 2.45) is 5.92 Å². The molecule has 2 aliphatic heterocycles. The standard InChI is InChI=1S/C9H10N4O4S/c14-7-5-3-9(4-5,8(15)11-7)13-18(16,17)6-1-2-10-12-6/h1-2,5,13H,3-4H2,(H,10,12)(H,11,14,15). The quantitative estimate of drug-likeness (QED) is 0.577. The molecule has 4 rings (SSSR count). The molecule has 1 aliphatic carbocycles. The third kappa shape index (κ3) is 1.47. The summed E-state index contributed by atoms with van der Waals surface area (Å²) in [5.41, 5.74) is -1.20. The summed E-state index contributed by atoms with van der Waals surface area (Å²) in [6.07, 6.45) is 1.79. The predicted octanol–water partition coefficient (Wildman–Crippen LogP) is -1.51. The van der Waals surface area contributed by atoms with Gasteiger partial charge in [-0.05, 0) is 18.9 Å². The highest BCUT2D eigenvalue weighted by Crippen LogP contribution is 2.42. The average molecular weight is 270 g/mol. The van der Waals surface area contributed by atoms with E-state index >= 15 is 0 Å². The molecule has 18 heavy (non-hydrogen) atoms. The zero-order chi connectivity index (χ0) is 13.0. The van der Waals surface area contributed by atoms with Crippen LogP contribution in [0.1, 0.15) is 12.8 Å². The number of nitrogens with zero attached hydrogens (tertiary/aromatic N) is 1. The molecule has 1 aromatic heterocycles. The molecule has 3 fully saturated rings. The van der Waals surface area contributed by atoms with Gasteiger partial charge in [-0.3, -0.25) is 20.0 Å². The summed E-state index contributed by atoms with van der Waals surface area (Å²) in [6.45, 7) is 0. The van der Waals surface area contributed by atoms with Crippen molar-refractivity contribution >= 4 is 21.8 Å². The van der Waals surface area contributed by atoms with Gasteiger partial charge in [-0.25, -0.2) is 8.42 Å². The molecule has 0 radical (unpaired) electrons. The fourth-order valence-electron chi connectivity index (χ4n) is 2.32. The number of sulfonamides is 1. The maximum atomic E-state index is 12.0.